The number of aliphatic hydroxyl groups is 1. The molecule has 11 nitrogen and oxygen atoms in total. The summed E-state index contributed by atoms with van der Waals surface area (Å²) in [5.74, 6) is -0.798. The van der Waals surface area contributed by atoms with Crippen LogP contribution >= 0.6 is 0 Å². The van der Waals surface area contributed by atoms with E-state index < -0.39 is 21.4 Å². The summed E-state index contributed by atoms with van der Waals surface area (Å²) in [6.07, 6.45) is 7.77. The van der Waals surface area contributed by atoms with Crippen molar-refractivity contribution in [1.29, 1.82) is 5.26 Å². The molecular formula is C24H31FN8O3S. The van der Waals surface area contributed by atoms with Crippen LogP contribution in [0.15, 0.2) is 41.7 Å². The molecular weight excluding hydrogens is 499 g/mol. The number of nitrogens with one attached hydrogen (secondary N) is 2. The van der Waals surface area contributed by atoms with E-state index in [1.165, 1.54) is 29.2 Å². The number of benzene rings is 1. The molecule has 37 heavy (non-hydrogen) atoms. The monoisotopic (exact) mass is 530 g/mol. The topological polar surface area (TPSA) is 172 Å². The average molecular weight is 531 g/mol. The van der Waals surface area contributed by atoms with E-state index in [0.717, 1.165) is 25.3 Å². The van der Waals surface area contributed by atoms with Gasteiger partial charge in [-0.1, -0.05) is 12.8 Å². The lowest BCUT2D eigenvalue weighted by atomic mass is 10.1. The van der Waals surface area contributed by atoms with Crippen molar-refractivity contribution >= 4 is 21.7 Å². The second-order valence-corrected chi connectivity index (χ2v) is 10.9. The molecule has 0 saturated heterocycles. The molecule has 2 heterocycles. The van der Waals surface area contributed by atoms with Crippen LogP contribution in [0.3, 0.4) is 0 Å². The molecule has 0 aliphatic heterocycles. The van der Waals surface area contributed by atoms with Crippen molar-refractivity contribution in [3.63, 3.8) is 0 Å². The number of nitrogens with zero attached hydrogens (tertiary/aromatic N) is 5. The quantitative estimate of drug-likeness (QED) is 0.242. The van der Waals surface area contributed by atoms with Gasteiger partial charge in [-0.3, -0.25) is 4.68 Å². The molecule has 0 unspecified atom stereocenters. The highest BCUT2D eigenvalue weighted by atomic mass is 32.2. The molecule has 5 N–H and O–H groups in total. The summed E-state index contributed by atoms with van der Waals surface area (Å²) in [6, 6.07) is 5.51. The van der Waals surface area contributed by atoms with Gasteiger partial charge in [0.2, 0.25) is 16.0 Å². The van der Waals surface area contributed by atoms with Gasteiger partial charge in [-0.15, -0.1) is 0 Å². The Morgan fingerprint density at radius 2 is 1.97 bits per heavy atom. The minimum absolute atomic E-state index is 0.00866. The van der Waals surface area contributed by atoms with E-state index in [2.05, 4.69) is 25.1 Å². The van der Waals surface area contributed by atoms with Gasteiger partial charge in [0.25, 0.3) is 0 Å². The zero-order valence-corrected chi connectivity index (χ0v) is 21.6. The number of hydrogen-bond acceptors (Lipinski definition) is 9. The van der Waals surface area contributed by atoms with Crippen molar-refractivity contribution in [2.75, 3.05) is 18.4 Å². The van der Waals surface area contributed by atoms with Crippen molar-refractivity contribution in [3.05, 3.63) is 48.2 Å². The summed E-state index contributed by atoms with van der Waals surface area (Å²) in [5.41, 5.74) is 5.40. The van der Waals surface area contributed by atoms with Gasteiger partial charge in [0.1, 0.15) is 11.9 Å². The first kappa shape index (κ1) is 28.1. The molecule has 13 heteroatoms. The van der Waals surface area contributed by atoms with E-state index in [1.54, 1.807) is 20.0 Å². The summed E-state index contributed by atoms with van der Waals surface area (Å²) < 4.78 is 43.8. The van der Waals surface area contributed by atoms with E-state index in [0.29, 0.717) is 18.5 Å². The van der Waals surface area contributed by atoms with Crippen LogP contribution in [0.1, 0.15) is 45.1 Å². The standard InChI is InChI=1S/C24H31FN8O3S/c1-24(2,34)16-33-15-18(14-29-33)22-17(12-27)13-28-23(32-22)31-21-8-7-19(11-20(21)25)37(35,36)30-10-6-4-3-5-9-26/h7-8,11,13-15,30,34H,3-6,9-10,16,26H2,1-2H3,(H,28,31,32). The molecule has 0 amide bonds. The lowest BCUT2D eigenvalue weighted by Gasteiger charge is -2.16. The average Bonchev–Trinajstić information content (AvgIpc) is 3.29. The van der Waals surface area contributed by atoms with Crippen molar-refractivity contribution in [3.8, 4) is 17.3 Å². The van der Waals surface area contributed by atoms with Crippen LogP contribution in [0.2, 0.25) is 0 Å². The number of halogens is 1. The molecule has 2 aromatic heterocycles. The second kappa shape index (κ2) is 12.2. The van der Waals surface area contributed by atoms with E-state index in [9.17, 15) is 23.2 Å². The molecule has 0 saturated carbocycles. The highest BCUT2D eigenvalue weighted by Gasteiger charge is 2.19. The number of aromatic nitrogens is 4. The van der Waals surface area contributed by atoms with E-state index >= 15 is 0 Å². The number of nitriles is 1. The molecule has 0 bridgehead atoms. The van der Waals surface area contributed by atoms with Gasteiger partial charge in [0.15, 0.2) is 0 Å². The van der Waals surface area contributed by atoms with Crippen LogP contribution in [0.4, 0.5) is 16.0 Å². The second-order valence-electron chi connectivity index (χ2n) is 9.17. The maximum atomic E-state index is 14.8. The lowest BCUT2D eigenvalue weighted by molar-refractivity contribution is 0.0577. The highest BCUT2D eigenvalue weighted by Crippen LogP contribution is 2.25. The van der Waals surface area contributed by atoms with Crippen LogP contribution in [0.5, 0.6) is 0 Å². The number of sulfonamides is 1. The predicted molar refractivity (Wildman–Crippen MR) is 137 cm³/mol. The summed E-state index contributed by atoms with van der Waals surface area (Å²) in [7, 11) is -3.86. The van der Waals surface area contributed by atoms with Crippen molar-refractivity contribution in [2.45, 2.75) is 56.6 Å². The first-order valence-electron chi connectivity index (χ1n) is 11.8. The molecule has 3 rings (SSSR count). The molecule has 1 aromatic carbocycles. The zero-order valence-electron chi connectivity index (χ0n) is 20.8. The Morgan fingerprint density at radius 3 is 2.65 bits per heavy atom. The number of unbranched alkanes of at least 4 members (excludes halogenated alkanes) is 3. The number of rotatable bonds is 13. The number of nitrogens with two attached hydrogens (primary N) is 1. The van der Waals surface area contributed by atoms with Gasteiger partial charge >= 0.3 is 0 Å². The van der Waals surface area contributed by atoms with Gasteiger partial charge in [0, 0.05) is 18.3 Å². The molecule has 0 fully saturated rings. The number of hydrogen-bond donors (Lipinski definition) is 4. The molecule has 0 radical (unpaired) electrons. The van der Waals surface area contributed by atoms with E-state index in [1.807, 2.05) is 6.07 Å². The Kier molecular flexibility index (Phi) is 9.28. The molecule has 0 aliphatic rings. The summed E-state index contributed by atoms with van der Waals surface area (Å²) >= 11 is 0. The lowest BCUT2D eigenvalue weighted by Crippen LogP contribution is -2.26. The fraction of sp³-hybridized carbons (Fsp3) is 0.417. The van der Waals surface area contributed by atoms with Crippen LogP contribution in [0, 0.1) is 17.1 Å². The van der Waals surface area contributed by atoms with Gasteiger partial charge in [-0.25, -0.2) is 27.5 Å². The Hall–Kier alpha value is -3.44. The maximum absolute atomic E-state index is 14.8. The molecule has 0 spiro atoms. The minimum Gasteiger partial charge on any atom is -0.389 e. The van der Waals surface area contributed by atoms with Crippen LogP contribution in [0.25, 0.3) is 11.3 Å². The van der Waals surface area contributed by atoms with E-state index in [-0.39, 0.29) is 40.9 Å². The Bertz CT molecular complexity index is 1360. The van der Waals surface area contributed by atoms with E-state index in [4.69, 9.17) is 5.73 Å². The minimum atomic E-state index is -3.86. The number of anilines is 2. The largest absolute Gasteiger partial charge is 0.389 e. The fourth-order valence-electron chi connectivity index (χ4n) is 3.51. The van der Waals surface area contributed by atoms with Gasteiger partial charge in [-0.05, 0) is 51.4 Å². The highest BCUT2D eigenvalue weighted by molar-refractivity contribution is 7.89. The third kappa shape index (κ3) is 8.02. The Labute approximate surface area is 215 Å². The van der Waals surface area contributed by atoms with Gasteiger partial charge in [-0.2, -0.15) is 10.4 Å². The fourth-order valence-corrected chi connectivity index (χ4v) is 4.60. The van der Waals surface area contributed by atoms with Gasteiger partial charge < -0.3 is 16.2 Å². The molecule has 0 atom stereocenters. The SMILES string of the molecule is CC(C)(O)Cn1cc(-c2nc(Nc3ccc(S(=O)(=O)NCCCCCCN)cc3F)ncc2C#N)cn1. The smallest absolute Gasteiger partial charge is 0.240 e. The van der Waals surface area contributed by atoms with Crippen molar-refractivity contribution in [2.24, 2.45) is 5.73 Å². The summed E-state index contributed by atoms with van der Waals surface area (Å²) in [6.45, 7) is 4.38. The first-order valence-corrected chi connectivity index (χ1v) is 13.3. The van der Waals surface area contributed by atoms with Crippen LogP contribution in [-0.2, 0) is 16.6 Å². The Morgan fingerprint density at radius 1 is 1.22 bits per heavy atom. The third-order valence-electron chi connectivity index (χ3n) is 5.29. The molecule has 0 aliphatic carbocycles. The zero-order chi connectivity index (χ0) is 27.1. The van der Waals surface area contributed by atoms with Crippen molar-refractivity contribution in [1.82, 2.24) is 24.5 Å². The van der Waals surface area contributed by atoms with Gasteiger partial charge in [0.05, 0.1) is 46.4 Å². The van der Waals surface area contributed by atoms with Crippen molar-refractivity contribution < 1.29 is 17.9 Å². The van der Waals surface area contributed by atoms with Crippen LogP contribution in [-0.4, -0.2) is 52.0 Å². The first-order chi connectivity index (χ1) is 17.5. The van der Waals surface area contributed by atoms with Crippen LogP contribution < -0.4 is 15.8 Å². The Balaban J connectivity index is 1.74. The maximum Gasteiger partial charge on any atom is 0.240 e. The normalized spacial score (nSPS) is 11.9. The summed E-state index contributed by atoms with van der Waals surface area (Å²) in [4.78, 5) is 8.20. The predicted octanol–water partition coefficient (Wildman–Crippen LogP) is 2.66. The molecule has 198 valence electrons. The molecule has 3 aromatic rings. The summed E-state index contributed by atoms with van der Waals surface area (Å²) in [5, 5.41) is 26.4. The third-order valence-corrected chi connectivity index (χ3v) is 6.74.